The van der Waals surface area contributed by atoms with Gasteiger partial charge in [-0.1, -0.05) is 6.08 Å². The molecule has 0 saturated heterocycles. The molecule has 24 heavy (non-hydrogen) atoms. The van der Waals surface area contributed by atoms with Crippen molar-refractivity contribution in [1.82, 2.24) is 14.7 Å². The van der Waals surface area contributed by atoms with Gasteiger partial charge in [-0.3, -0.25) is 9.48 Å². The van der Waals surface area contributed by atoms with Gasteiger partial charge in [0, 0.05) is 43.8 Å². The Kier molecular flexibility index (Phi) is 4.44. The molecule has 1 fully saturated rings. The second-order valence-corrected chi connectivity index (χ2v) is 7.49. The van der Waals surface area contributed by atoms with Crippen LogP contribution in [0.5, 0.6) is 0 Å². The maximum absolute atomic E-state index is 12.9. The standard InChI is InChI=1S/C19H27N3O2/c1-24-13-17-12-21(19(23)15-5-3-2-4-6-15)11-16-9-20-22(18(16)17)10-14-7-8-14/h5,9,14,17H,2-4,6-8,10-13H2,1H3. The molecule has 1 aromatic heterocycles. The van der Waals surface area contributed by atoms with Crippen LogP contribution in [0.4, 0.5) is 0 Å². The molecule has 0 N–H and O–H groups in total. The van der Waals surface area contributed by atoms with Gasteiger partial charge in [0.05, 0.1) is 18.5 Å². The van der Waals surface area contributed by atoms with Crippen molar-refractivity contribution in [3.8, 4) is 0 Å². The highest BCUT2D eigenvalue weighted by atomic mass is 16.5. The van der Waals surface area contributed by atoms with Crippen LogP contribution in [0, 0.1) is 5.92 Å². The van der Waals surface area contributed by atoms with Crippen molar-refractivity contribution in [2.24, 2.45) is 5.92 Å². The molecule has 130 valence electrons. The van der Waals surface area contributed by atoms with Crippen LogP contribution >= 0.6 is 0 Å². The lowest BCUT2D eigenvalue weighted by Gasteiger charge is -2.34. The number of carbonyl (C=O) groups excluding carboxylic acids is 1. The summed E-state index contributed by atoms with van der Waals surface area (Å²) >= 11 is 0. The summed E-state index contributed by atoms with van der Waals surface area (Å²) in [5.41, 5.74) is 3.50. The minimum Gasteiger partial charge on any atom is -0.384 e. The molecule has 2 heterocycles. The predicted octanol–water partition coefficient (Wildman–Crippen LogP) is 2.87. The summed E-state index contributed by atoms with van der Waals surface area (Å²) in [6.45, 7) is 3.10. The molecule has 0 spiro atoms. The van der Waals surface area contributed by atoms with Gasteiger partial charge in [0.15, 0.2) is 0 Å². The van der Waals surface area contributed by atoms with Gasteiger partial charge in [-0.2, -0.15) is 5.10 Å². The summed E-state index contributed by atoms with van der Waals surface area (Å²) in [6.07, 6.45) is 11.1. The van der Waals surface area contributed by atoms with Crippen molar-refractivity contribution in [3.05, 3.63) is 29.1 Å². The van der Waals surface area contributed by atoms with Crippen LogP contribution in [0.15, 0.2) is 17.8 Å². The maximum Gasteiger partial charge on any atom is 0.249 e. The van der Waals surface area contributed by atoms with E-state index in [1.807, 2.05) is 11.1 Å². The molecule has 0 aromatic carbocycles. The fourth-order valence-corrected chi connectivity index (χ4v) is 4.06. The first-order valence-corrected chi connectivity index (χ1v) is 9.28. The fourth-order valence-electron chi connectivity index (χ4n) is 4.06. The van der Waals surface area contributed by atoms with Crippen molar-refractivity contribution in [2.75, 3.05) is 20.3 Å². The minimum atomic E-state index is 0.219. The number of carbonyl (C=O) groups is 1. The van der Waals surface area contributed by atoms with Crippen LogP contribution in [0.3, 0.4) is 0 Å². The predicted molar refractivity (Wildman–Crippen MR) is 91.5 cm³/mol. The maximum atomic E-state index is 12.9. The first-order chi connectivity index (χ1) is 11.8. The topological polar surface area (TPSA) is 47.4 Å². The summed E-state index contributed by atoms with van der Waals surface area (Å²) in [5.74, 6) is 1.24. The Morgan fingerprint density at radius 3 is 2.96 bits per heavy atom. The third-order valence-corrected chi connectivity index (χ3v) is 5.50. The van der Waals surface area contributed by atoms with Crippen LogP contribution in [-0.4, -0.2) is 40.8 Å². The first-order valence-electron chi connectivity index (χ1n) is 9.28. The third kappa shape index (κ3) is 3.14. The van der Waals surface area contributed by atoms with Crippen molar-refractivity contribution in [2.45, 2.75) is 57.5 Å². The van der Waals surface area contributed by atoms with Crippen molar-refractivity contribution in [3.63, 3.8) is 0 Å². The summed E-state index contributed by atoms with van der Waals surface area (Å²) in [7, 11) is 1.74. The number of fused-ring (bicyclic) bond motifs is 1. The molecule has 5 nitrogen and oxygen atoms in total. The first kappa shape index (κ1) is 15.9. The number of methoxy groups -OCH3 is 1. The second-order valence-electron chi connectivity index (χ2n) is 7.49. The molecule has 3 aliphatic rings. The number of allylic oxidation sites excluding steroid dienone is 1. The van der Waals surface area contributed by atoms with Gasteiger partial charge >= 0.3 is 0 Å². The lowest BCUT2D eigenvalue weighted by molar-refractivity contribution is -0.128. The largest absolute Gasteiger partial charge is 0.384 e. The summed E-state index contributed by atoms with van der Waals surface area (Å²) in [6, 6.07) is 0. The Morgan fingerprint density at radius 1 is 1.38 bits per heavy atom. The van der Waals surface area contributed by atoms with Crippen molar-refractivity contribution in [1.29, 1.82) is 0 Å². The lowest BCUT2D eigenvalue weighted by atomic mass is 9.94. The highest BCUT2D eigenvalue weighted by molar-refractivity contribution is 5.93. The SMILES string of the molecule is COCC1CN(C(=O)C2=CCCCC2)Cc2cnn(CC3CC3)c21. The molecule has 5 heteroatoms. The molecule has 1 aromatic rings. The average Bonchev–Trinajstić information content (AvgIpc) is 3.34. The summed E-state index contributed by atoms with van der Waals surface area (Å²) in [4.78, 5) is 14.9. The number of aromatic nitrogens is 2. The van der Waals surface area contributed by atoms with Gasteiger partial charge in [0.1, 0.15) is 0 Å². The fraction of sp³-hybridized carbons (Fsp3) is 0.684. The second kappa shape index (κ2) is 6.71. The van der Waals surface area contributed by atoms with E-state index in [-0.39, 0.29) is 11.8 Å². The highest BCUT2D eigenvalue weighted by Crippen LogP contribution is 2.35. The molecule has 1 amide bonds. The molecule has 1 unspecified atom stereocenters. The zero-order valence-electron chi connectivity index (χ0n) is 14.5. The molecule has 1 aliphatic heterocycles. The Hall–Kier alpha value is -1.62. The van der Waals surface area contributed by atoms with E-state index < -0.39 is 0 Å². The number of hydrogen-bond acceptors (Lipinski definition) is 3. The zero-order chi connectivity index (χ0) is 16.5. The van der Waals surface area contributed by atoms with Crippen LogP contribution in [0.25, 0.3) is 0 Å². The van der Waals surface area contributed by atoms with Gasteiger partial charge in [-0.25, -0.2) is 0 Å². The molecular weight excluding hydrogens is 302 g/mol. The lowest BCUT2D eigenvalue weighted by Crippen LogP contribution is -2.41. The number of nitrogens with zero attached hydrogens (tertiary/aromatic N) is 3. The number of rotatable bonds is 5. The van der Waals surface area contributed by atoms with Crippen LogP contribution in [0.2, 0.25) is 0 Å². The quantitative estimate of drug-likeness (QED) is 0.834. The van der Waals surface area contributed by atoms with Crippen LogP contribution < -0.4 is 0 Å². The van der Waals surface area contributed by atoms with Crippen LogP contribution in [-0.2, 0) is 22.6 Å². The highest BCUT2D eigenvalue weighted by Gasteiger charge is 2.34. The molecular formula is C19H27N3O2. The van der Waals surface area contributed by atoms with E-state index in [4.69, 9.17) is 4.74 Å². The number of hydrogen-bond donors (Lipinski definition) is 0. The van der Waals surface area contributed by atoms with E-state index in [2.05, 4.69) is 15.9 Å². The summed E-state index contributed by atoms with van der Waals surface area (Å²) in [5, 5.41) is 4.63. The molecule has 1 atom stereocenters. The van der Waals surface area contributed by atoms with E-state index in [0.717, 1.165) is 43.8 Å². The Bertz CT molecular complexity index is 645. The third-order valence-electron chi connectivity index (χ3n) is 5.50. The van der Waals surface area contributed by atoms with Gasteiger partial charge in [-0.05, 0) is 44.4 Å². The van der Waals surface area contributed by atoms with E-state index in [9.17, 15) is 4.79 Å². The smallest absolute Gasteiger partial charge is 0.249 e. The van der Waals surface area contributed by atoms with Crippen LogP contribution in [0.1, 0.15) is 55.7 Å². The van der Waals surface area contributed by atoms with Gasteiger partial charge in [0.2, 0.25) is 5.91 Å². The number of amides is 1. The molecule has 0 radical (unpaired) electrons. The Balaban J connectivity index is 1.56. The average molecular weight is 329 g/mol. The van der Waals surface area contributed by atoms with E-state index in [1.54, 1.807) is 7.11 Å². The Morgan fingerprint density at radius 2 is 2.25 bits per heavy atom. The van der Waals surface area contributed by atoms with Gasteiger partial charge in [0.25, 0.3) is 0 Å². The number of ether oxygens (including phenoxy) is 1. The molecule has 0 bridgehead atoms. The molecule has 4 rings (SSSR count). The molecule has 1 saturated carbocycles. The van der Waals surface area contributed by atoms with Crippen molar-refractivity contribution < 1.29 is 9.53 Å². The van der Waals surface area contributed by atoms with Crippen molar-refractivity contribution >= 4 is 5.91 Å². The summed E-state index contributed by atoms with van der Waals surface area (Å²) < 4.78 is 7.64. The van der Waals surface area contributed by atoms with E-state index >= 15 is 0 Å². The normalized spacial score (nSPS) is 23.8. The zero-order valence-corrected chi connectivity index (χ0v) is 14.5. The molecule has 2 aliphatic carbocycles. The van der Waals surface area contributed by atoms with Gasteiger partial charge < -0.3 is 9.64 Å². The van der Waals surface area contributed by atoms with Gasteiger partial charge in [-0.15, -0.1) is 0 Å². The minimum absolute atomic E-state index is 0.219. The van der Waals surface area contributed by atoms with E-state index in [0.29, 0.717) is 13.2 Å². The Labute approximate surface area is 143 Å². The monoisotopic (exact) mass is 329 g/mol. The van der Waals surface area contributed by atoms with E-state index in [1.165, 1.54) is 30.5 Å².